The van der Waals surface area contributed by atoms with E-state index in [0.717, 1.165) is 17.7 Å². The SMILES string of the molecule is CCCC[C@H](NC(=O)CCSc1ccc(F)cc1)C(=O)O. The van der Waals surface area contributed by atoms with E-state index in [2.05, 4.69) is 5.32 Å². The number of amides is 1. The Bertz CT molecular complexity index is 464. The third kappa shape index (κ3) is 7.13. The van der Waals surface area contributed by atoms with Crippen molar-refractivity contribution >= 4 is 23.6 Å². The molecule has 0 aliphatic carbocycles. The molecule has 116 valence electrons. The molecule has 0 spiro atoms. The highest BCUT2D eigenvalue weighted by Gasteiger charge is 2.18. The van der Waals surface area contributed by atoms with Crippen LogP contribution in [0, 0.1) is 5.82 Å². The van der Waals surface area contributed by atoms with Gasteiger partial charge in [0, 0.05) is 17.1 Å². The average Bonchev–Trinajstić information content (AvgIpc) is 2.45. The molecule has 0 aliphatic rings. The number of nitrogens with one attached hydrogen (secondary N) is 1. The van der Waals surface area contributed by atoms with Gasteiger partial charge in [-0.05, 0) is 30.7 Å². The fourth-order valence-corrected chi connectivity index (χ4v) is 2.58. The number of hydrogen-bond acceptors (Lipinski definition) is 3. The first kappa shape index (κ1) is 17.5. The molecule has 0 saturated heterocycles. The minimum atomic E-state index is -0.997. The number of halogens is 1. The van der Waals surface area contributed by atoms with Gasteiger partial charge in [-0.3, -0.25) is 4.79 Å². The smallest absolute Gasteiger partial charge is 0.326 e. The quantitative estimate of drug-likeness (QED) is 0.688. The average molecular weight is 313 g/mol. The molecule has 1 aromatic carbocycles. The number of rotatable bonds is 9. The van der Waals surface area contributed by atoms with Gasteiger partial charge in [-0.15, -0.1) is 11.8 Å². The van der Waals surface area contributed by atoms with Crippen molar-refractivity contribution in [3.8, 4) is 0 Å². The number of carboxylic acid groups (broad SMARTS) is 1. The van der Waals surface area contributed by atoms with Crippen LogP contribution in [-0.2, 0) is 9.59 Å². The van der Waals surface area contributed by atoms with Gasteiger partial charge in [0.25, 0.3) is 0 Å². The van der Waals surface area contributed by atoms with Gasteiger partial charge < -0.3 is 10.4 Å². The summed E-state index contributed by atoms with van der Waals surface area (Å²) in [6, 6.07) is 5.23. The van der Waals surface area contributed by atoms with Crippen LogP contribution in [0.4, 0.5) is 4.39 Å². The standard InChI is InChI=1S/C15H20FNO3S/c1-2-3-4-13(15(19)20)17-14(18)9-10-21-12-7-5-11(16)6-8-12/h5-8,13H,2-4,9-10H2,1H3,(H,17,18)(H,19,20)/t13-/m0/s1. The van der Waals surface area contributed by atoms with Crippen molar-refractivity contribution in [2.75, 3.05) is 5.75 Å². The molecule has 6 heteroatoms. The van der Waals surface area contributed by atoms with Crippen LogP contribution < -0.4 is 5.32 Å². The summed E-state index contributed by atoms with van der Waals surface area (Å²) in [6.45, 7) is 1.97. The Balaban J connectivity index is 2.32. The van der Waals surface area contributed by atoms with E-state index in [0.29, 0.717) is 12.2 Å². The molecule has 4 nitrogen and oxygen atoms in total. The Morgan fingerprint density at radius 2 is 2.00 bits per heavy atom. The Kier molecular flexibility index (Phi) is 7.82. The van der Waals surface area contributed by atoms with E-state index in [1.165, 1.54) is 23.9 Å². The van der Waals surface area contributed by atoms with Gasteiger partial charge in [0.15, 0.2) is 0 Å². The van der Waals surface area contributed by atoms with Crippen molar-refractivity contribution in [1.29, 1.82) is 0 Å². The highest BCUT2D eigenvalue weighted by Crippen LogP contribution is 2.18. The highest BCUT2D eigenvalue weighted by molar-refractivity contribution is 7.99. The maximum absolute atomic E-state index is 12.7. The van der Waals surface area contributed by atoms with Crippen LogP contribution in [0.15, 0.2) is 29.2 Å². The molecular weight excluding hydrogens is 293 g/mol. The monoisotopic (exact) mass is 313 g/mol. The summed E-state index contributed by atoms with van der Waals surface area (Å²) in [5.74, 6) is -1.04. The number of benzene rings is 1. The predicted molar refractivity (Wildman–Crippen MR) is 80.8 cm³/mol. The molecule has 0 heterocycles. The number of aliphatic carboxylic acids is 1. The molecule has 0 fully saturated rings. The summed E-state index contributed by atoms with van der Waals surface area (Å²) in [5.41, 5.74) is 0. The Hall–Kier alpha value is -1.56. The fourth-order valence-electron chi connectivity index (χ4n) is 1.72. The lowest BCUT2D eigenvalue weighted by molar-refractivity contribution is -0.142. The van der Waals surface area contributed by atoms with E-state index in [1.807, 2.05) is 6.92 Å². The molecular formula is C15H20FNO3S. The number of carboxylic acids is 1. The van der Waals surface area contributed by atoms with Crippen LogP contribution in [0.25, 0.3) is 0 Å². The number of hydrogen-bond donors (Lipinski definition) is 2. The van der Waals surface area contributed by atoms with E-state index in [4.69, 9.17) is 5.11 Å². The van der Waals surface area contributed by atoms with Gasteiger partial charge in [0.05, 0.1) is 0 Å². The molecule has 1 aromatic rings. The van der Waals surface area contributed by atoms with Crippen LogP contribution in [0.1, 0.15) is 32.6 Å². The second-order valence-electron chi connectivity index (χ2n) is 4.65. The second-order valence-corrected chi connectivity index (χ2v) is 5.82. The lowest BCUT2D eigenvalue weighted by Crippen LogP contribution is -2.40. The zero-order valence-electron chi connectivity index (χ0n) is 12.0. The van der Waals surface area contributed by atoms with Gasteiger partial charge in [0.2, 0.25) is 5.91 Å². The summed E-state index contributed by atoms with van der Waals surface area (Å²) in [7, 11) is 0. The summed E-state index contributed by atoms with van der Waals surface area (Å²) in [4.78, 5) is 23.6. The zero-order chi connectivity index (χ0) is 15.7. The lowest BCUT2D eigenvalue weighted by atomic mass is 10.1. The second kappa shape index (κ2) is 9.39. The number of unbranched alkanes of at least 4 members (excludes halogenated alkanes) is 1. The van der Waals surface area contributed by atoms with E-state index in [1.54, 1.807) is 12.1 Å². The van der Waals surface area contributed by atoms with Gasteiger partial charge >= 0.3 is 5.97 Å². The molecule has 0 saturated carbocycles. The van der Waals surface area contributed by atoms with E-state index >= 15 is 0 Å². The first-order chi connectivity index (χ1) is 10.0. The molecule has 21 heavy (non-hydrogen) atoms. The molecule has 2 N–H and O–H groups in total. The van der Waals surface area contributed by atoms with Crippen molar-refractivity contribution in [3.63, 3.8) is 0 Å². The highest BCUT2D eigenvalue weighted by atomic mass is 32.2. The lowest BCUT2D eigenvalue weighted by Gasteiger charge is -2.13. The Labute approximate surface area is 128 Å². The third-order valence-corrected chi connectivity index (χ3v) is 3.90. The van der Waals surface area contributed by atoms with Gasteiger partial charge in [-0.2, -0.15) is 0 Å². The minimum absolute atomic E-state index is 0.234. The van der Waals surface area contributed by atoms with E-state index < -0.39 is 12.0 Å². The molecule has 1 amide bonds. The first-order valence-electron chi connectivity index (χ1n) is 6.93. The fraction of sp³-hybridized carbons (Fsp3) is 0.467. The number of carbonyl (C=O) groups is 2. The van der Waals surface area contributed by atoms with Crippen molar-refractivity contribution in [2.24, 2.45) is 0 Å². The van der Waals surface area contributed by atoms with E-state index in [9.17, 15) is 14.0 Å². The summed E-state index contributed by atoms with van der Waals surface area (Å²) >= 11 is 1.44. The van der Waals surface area contributed by atoms with Crippen LogP contribution in [0.5, 0.6) is 0 Å². The van der Waals surface area contributed by atoms with Crippen molar-refractivity contribution < 1.29 is 19.1 Å². The predicted octanol–water partition coefficient (Wildman–Crippen LogP) is 3.07. The van der Waals surface area contributed by atoms with Crippen LogP contribution >= 0.6 is 11.8 Å². The molecule has 0 aromatic heterocycles. The first-order valence-corrected chi connectivity index (χ1v) is 7.92. The Morgan fingerprint density at radius 3 is 2.57 bits per heavy atom. The van der Waals surface area contributed by atoms with Crippen molar-refractivity contribution in [2.45, 2.75) is 43.5 Å². The Morgan fingerprint density at radius 1 is 1.33 bits per heavy atom. The van der Waals surface area contributed by atoms with Gasteiger partial charge in [-0.1, -0.05) is 19.8 Å². The van der Waals surface area contributed by atoms with Crippen molar-refractivity contribution in [1.82, 2.24) is 5.32 Å². The van der Waals surface area contributed by atoms with Gasteiger partial charge in [-0.25, -0.2) is 9.18 Å². The third-order valence-electron chi connectivity index (χ3n) is 2.89. The molecule has 0 radical (unpaired) electrons. The van der Waals surface area contributed by atoms with Gasteiger partial charge in [0.1, 0.15) is 11.9 Å². The minimum Gasteiger partial charge on any atom is -0.480 e. The molecule has 1 atom stereocenters. The van der Waals surface area contributed by atoms with Crippen molar-refractivity contribution in [3.05, 3.63) is 30.1 Å². The summed E-state index contributed by atoms with van der Waals surface area (Å²) in [6.07, 6.45) is 2.34. The summed E-state index contributed by atoms with van der Waals surface area (Å²) in [5, 5.41) is 11.6. The van der Waals surface area contributed by atoms with Crippen LogP contribution in [-0.4, -0.2) is 28.8 Å². The number of carbonyl (C=O) groups excluding carboxylic acids is 1. The molecule has 0 aliphatic heterocycles. The van der Waals surface area contributed by atoms with Crippen LogP contribution in [0.3, 0.4) is 0 Å². The molecule has 0 bridgehead atoms. The summed E-state index contributed by atoms with van der Waals surface area (Å²) < 4.78 is 12.7. The van der Waals surface area contributed by atoms with E-state index in [-0.39, 0.29) is 18.1 Å². The maximum atomic E-state index is 12.7. The number of thioether (sulfide) groups is 1. The molecule has 1 rings (SSSR count). The molecule has 0 unspecified atom stereocenters. The largest absolute Gasteiger partial charge is 0.480 e. The topological polar surface area (TPSA) is 66.4 Å². The van der Waals surface area contributed by atoms with Crippen LogP contribution in [0.2, 0.25) is 0 Å². The zero-order valence-corrected chi connectivity index (χ0v) is 12.8. The normalized spacial score (nSPS) is 11.9. The maximum Gasteiger partial charge on any atom is 0.326 e.